The number of nitrogens with zero attached hydrogens (tertiary/aromatic N) is 2. The van der Waals surface area contributed by atoms with Gasteiger partial charge in [0.1, 0.15) is 11.5 Å². The Bertz CT molecular complexity index is 884. The second-order valence-corrected chi connectivity index (χ2v) is 7.76. The highest BCUT2D eigenvalue weighted by atomic mass is 35.5. The van der Waals surface area contributed by atoms with Crippen LogP contribution in [0, 0.1) is 5.82 Å². The minimum atomic E-state index is -0.254. The standard InChI is InChI=1S/C21H20ClFN2.C2H6/c1-24-10-11-25-20(14-2-3-14)19-9-8-18(23)12-15(19)13-21(24,25)16-4-6-17(22)7-5-16;1-2/h4-9,12H,2-3,10-11,13H2,1H3;1-2H3. The van der Waals surface area contributed by atoms with Crippen LogP contribution in [-0.2, 0) is 12.1 Å². The molecule has 0 aromatic heterocycles. The molecule has 4 heteroatoms. The Labute approximate surface area is 166 Å². The monoisotopic (exact) mass is 384 g/mol. The summed E-state index contributed by atoms with van der Waals surface area (Å²) in [4.78, 5) is 4.96. The first kappa shape index (κ1) is 18.5. The molecule has 142 valence electrons. The van der Waals surface area contributed by atoms with Crippen molar-refractivity contribution in [1.82, 2.24) is 9.80 Å². The summed E-state index contributed by atoms with van der Waals surface area (Å²) >= 11 is 6.13. The van der Waals surface area contributed by atoms with E-state index in [0.717, 1.165) is 42.9 Å². The van der Waals surface area contributed by atoms with E-state index >= 15 is 0 Å². The molecule has 1 saturated heterocycles. The van der Waals surface area contributed by atoms with Crippen molar-refractivity contribution in [3.05, 3.63) is 75.6 Å². The second kappa shape index (κ2) is 6.96. The minimum absolute atomic E-state index is 0.153. The third kappa shape index (κ3) is 2.88. The van der Waals surface area contributed by atoms with Gasteiger partial charge in [-0.1, -0.05) is 37.6 Å². The van der Waals surface area contributed by atoms with Gasteiger partial charge in [0.15, 0.2) is 0 Å². The van der Waals surface area contributed by atoms with Crippen LogP contribution in [0.4, 0.5) is 4.39 Å². The van der Waals surface area contributed by atoms with Gasteiger partial charge < -0.3 is 4.90 Å². The molecule has 2 aliphatic heterocycles. The number of fused-ring (bicyclic) bond motifs is 2. The van der Waals surface area contributed by atoms with Crippen LogP contribution in [0.5, 0.6) is 0 Å². The van der Waals surface area contributed by atoms with Crippen LogP contribution in [-0.4, -0.2) is 29.9 Å². The molecule has 0 spiro atoms. The molecule has 1 atom stereocenters. The molecule has 2 fully saturated rings. The largest absolute Gasteiger partial charge is 0.347 e. The summed E-state index contributed by atoms with van der Waals surface area (Å²) in [5.74, 6) is -0.153. The average Bonchev–Trinajstić information content (AvgIpc) is 3.46. The van der Waals surface area contributed by atoms with E-state index in [1.54, 1.807) is 12.1 Å². The van der Waals surface area contributed by atoms with Gasteiger partial charge in [-0.15, -0.1) is 0 Å². The quantitative estimate of drug-likeness (QED) is 0.625. The van der Waals surface area contributed by atoms with Crippen molar-refractivity contribution in [3.8, 4) is 0 Å². The Morgan fingerprint density at radius 2 is 1.70 bits per heavy atom. The number of likely N-dealkylation sites (N-methyl/N-ethyl adjacent to an activating group) is 1. The topological polar surface area (TPSA) is 6.48 Å². The Morgan fingerprint density at radius 1 is 1.00 bits per heavy atom. The molecule has 0 amide bonds. The Morgan fingerprint density at radius 3 is 2.37 bits per heavy atom. The molecular weight excluding hydrogens is 359 g/mol. The number of allylic oxidation sites excluding steroid dienone is 1. The molecule has 2 nitrogen and oxygen atoms in total. The highest BCUT2D eigenvalue weighted by molar-refractivity contribution is 6.30. The maximum atomic E-state index is 14.0. The number of hydrogen-bond donors (Lipinski definition) is 0. The van der Waals surface area contributed by atoms with E-state index in [4.69, 9.17) is 11.6 Å². The van der Waals surface area contributed by atoms with E-state index in [0.29, 0.717) is 0 Å². The first-order valence-corrected chi connectivity index (χ1v) is 10.2. The molecule has 1 aliphatic carbocycles. The molecule has 0 N–H and O–H groups in total. The fraction of sp³-hybridized carbons (Fsp3) is 0.391. The fourth-order valence-corrected chi connectivity index (χ4v) is 4.71. The number of hydrogen-bond acceptors (Lipinski definition) is 2. The number of halogens is 2. The van der Waals surface area contributed by atoms with Crippen LogP contribution < -0.4 is 0 Å². The molecule has 2 heterocycles. The molecule has 5 rings (SSSR count). The zero-order chi connectivity index (χ0) is 19.2. The van der Waals surface area contributed by atoms with Crippen LogP contribution >= 0.6 is 11.6 Å². The molecule has 2 aromatic carbocycles. The smallest absolute Gasteiger partial charge is 0.124 e. The fourth-order valence-electron chi connectivity index (χ4n) is 4.58. The van der Waals surface area contributed by atoms with Gasteiger partial charge in [0, 0.05) is 35.8 Å². The average molecular weight is 385 g/mol. The van der Waals surface area contributed by atoms with Crippen LogP contribution in [0.2, 0.25) is 5.02 Å². The zero-order valence-corrected chi connectivity index (χ0v) is 17.0. The maximum Gasteiger partial charge on any atom is 0.124 e. The second-order valence-electron chi connectivity index (χ2n) is 7.33. The first-order valence-electron chi connectivity index (χ1n) is 9.85. The van der Waals surface area contributed by atoms with Gasteiger partial charge in [-0.3, -0.25) is 4.90 Å². The summed E-state index contributed by atoms with van der Waals surface area (Å²) in [6.07, 6.45) is 3.10. The van der Waals surface area contributed by atoms with Crippen LogP contribution in [0.15, 0.2) is 48.0 Å². The first-order chi connectivity index (χ1) is 13.1. The molecule has 2 aromatic rings. The van der Waals surface area contributed by atoms with Crippen LogP contribution in [0.3, 0.4) is 0 Å². The molecule has 3 aliphatic rings. The van der Waals surface area contributed by atoms with Crippen molar-refractivity contribution < 1.29 is 4.39 Å². The lowest BCUT2D eigenvalue weighted by molar-refractivity contribution is 0.0621. The zero-order valence-electron chi connectivity index (χ0n) is 16.2. The predicted octanol–water partition coefficient (Wildman–Crippen LogP) is 5.67. The van der Waals surface area contributed by atoms with Gasteiger partial charge in [0.05, 0.1) is 0 Å². The Hall–Kier alpha value is -1.84. The van der Waals surface area contributed by atoms with Crippen molar-refractivity contribution in [2.24, 2.45) is 0 Å². The van der Waals surface area contributed by atoms with Gasteiger partial charge in [-0.05, 0) is 66.9 Å². The molecule has 0 radical (unpaired) electrons. The van der Waals surface area contributed by atoms with Gasteiger partial charge in [-0.25, -0.2) is 4.39 Å². The van der Waals surface area contributed by atoms with Gasteiger partial charge in [0.25, 0.3) is 0 Å². The van der Waals surface area contributed by atoms with E-state index in [2.05, 4.69) is 29.0 Å². The summed E-state index contributed by atoms with van der Waals surface area (Å²) in [5.41, 5.74) is 6.13. The molecule has 0 bridgehead atoms. The summed E-state index contributed by atoms with van der Waals surface area (Å²) in [5, 5.41) is 0.746. The van der Waals surface area contributed by atoms with Gasteiger partial charge >= 0.3 is 0 Å². The predicted molar refractivity (Wildman–Crippen MR) is 110 cm³/mol. The van der Waals surface area contributed by atoms with E-state index in [1.165, 1.54) is 22.4 Å². The number of rotatable bonds is 1. The molecule has 1 unspecified atom stereocenters. The molecule has 1 saturated carbocycles. The highest BCUT2D eigenvalue weighted by Crippen LogP contribution is 2.52. The number of benzene rings is 2. The lowest BCUT2D eigenvalue weighted by atomic mass is 9.82. The minimum Gasteiger partial charge on any atom is -0.347 e. The molecular formula is C23H26ClFN2. The van der Waals surface area contributed by atoms with Crippen molar-refractivity contribution in [2.45, 2.75) is 38.8 Å². The van der Waals surface area contributed by atoms with Gasteiger partial charge in [0.2, 0.25) is 0 Å². The Kier molecular flexibility index (Phi) is 4.77. The lowest BCUT2D eigenvalue weighted by Crippen LogP contribution is -2.52. The normalized spacial score (nSPS) is 23.5. The summed E-state index contributed by atoms with van der Waals surface area (Å²) in [7, 11) is 2.17. The van der Waals surface area contributed by atoms with Crippen LogP contribution in [0.25, 0.3) is 5.70 Å². The van der Waals surface area contributed by atoms with Crippen molar-refractivity contribution in [1.29, 1.82) is 0 Å². The van der Waals surface area contributed by atoms with E-state index < -0.39 is 0 Å². The summed E-state index contributed by atoms with van der Waals surface area (Å²) in [6.45, 7) is 5.99. The lowest BCUT2D eigenvalue weighted by Gasteiger charge is -2.49. The third-order valence-electron chi connectivity index (χ3n) is 5.91. The Balaban J connectivity index is 0.000000872. The maximum absolute atomic E-state index is 14.0. The highest BCUT2D eigenvalue weighted by Gasteiger charge is 2.51. The van der Waals surface area contributed by atoms with Crippen molar-refractivity contribution >= 4 is 17.3 Å². The van der Waals surface area contributed by atoms with Crippen LogP contribution in [0.1, 0.15) is 43.4 Å². The van der Waals surface area contributed by atoms with Gasteiger partial charge in [-0.2, -0.15) is 0 Å². The van der Waals surface area contributed by atoms with Crippen molar-refractivity contribution in [3.63, 3.8) is 0 Å². The van der Waals surface area contributed by atoms with E-state index in [9.17, 15) is 4.39 Å². The van der Waals surface area contributed by atoms with E-state index in [-0.39, 0.29) is 11.5 Å². The van der Waals surface area contributed by atoms with E-state index in [1.807, 2.05) is 32.0 Å². The molecule has 27 heavy (non-hydrogen) atoms. The third-order valence-corrected chi connectivity index (χ3v) is 6.16. The SMILES string of the molecule is CC.CN1CCN2C(=C3CC3)c3ccc(F)cc3CC12c1ccc(Cl)cc1. The summed E-state index contributed by atoms with van der Waals surface area (Å²) < 4.78 is 14.0. The summed E-state index contributed by atoms with van der Waals surface area (Å²) in [6, 6.07) is 13.4. The van der Waals surface area contributed by atoms with Crippen molar-refractivity contribution in [2.75, 3.05) is 20.1 Å².